The van der Waals surface area contributed by atoms with E-state index in [0.29, 0.717) is 11.0 Å². The van der Waals surface area contributed by atoms with Gasteiger partial charge in [-0.1, -0.05) is 73.3 Å². The number of methoxy groups -OCH3 is 1. The average Bonchev–Trinajstić information content (AvgIpc) is 3.32. The molecule has 2 unspecified atom stereocenters. The second-order valence-corrected chi connectivity index (χ2v) is 9.07. The number of aryl methyl sites for hydroxylation is 1. The van der Waals surface area contributed by atoms with Gasteiger partial charge in [-0.05, 0) is 41.8 Å². The van der Waals surface area contributed by atoms with Crippen molar-refractivity contribution < 1.29 is 9.53 Å². The van der Waals surface area contributed by atoms with Gasteiger partial charge in [-0.2, -0.15) is 0 Å². The fourth-order valence-corrected chi connectivity index (χ4v) is 5.01. The first-order valence-electron chi connectivity index (χ1n) is 11.1. The predicted molar refractivity (Wildman–Crippen MR) is 135 cm³/mol. The second-order valence-electron chi connectivity index (χ2n) is 7.97. The predicted octanol–water partition coefficient (Wildman–Crippen LogP) is 4.91. The molecule has 7 nitrogen and oxygen atoms in total. The third-order valence-corrected chi connectivity index (χ3v) is 7.05. The van der Waals surface area contributed by atoms with E-state index in [1.165, 1.54) is 17.3 Å². The maximum absolute atomic E-state index is 13.5. The van der Waals surface area contributed by atoms with Gasteiger partial charge >= 0.3 is 0 Å². The van der Waals surface area contributed by atoms with Crippen LogP contribution in [0.4, 0.5) is 5.69 Å². The summed E-state index contributed by atoms with van der Waals surface area (Å²) in [6.07, 6.45) is 0.954. The van der Waals surface area contributed by atoms with Crippen molar-refractivity contribution in [1.82, 2.24) is 14.9 Å². The van der Waals surface area contributed by atoms with E-state index in [2.05, 4.69) is 27.9 Å². The molecule has 0 radical (unpaired) electrons. The van der Waals surface area contributed by atoms with Gasteiger partial charge in [-0.15, -0.1) is 10.2 Å². The molecule has 172 valence electrons. The maximum atomic E-state index is 13.5. The van der Waals surface area contributed by atoms with Gasteiger partial charge in [0.15, 0.2) is 5.82 Å². The summed E-state index contributed by atoms with van der Waals surface area (Å²) in [6, 6.07) is 25.3. The molecule has 0 bridgehead atoms. The lowest BCUT2D eigenvalue weighted by atomic mass is 10.0. The molecule has 4 aromatic rings. The molecule has 1 aliphatic rings. The Bertz CT molecular complexity index is 1270. The molecule has 0 spiro atoms. The van der Waals surface area contributed by atoms with Crippen molar-refractivity contribution in [2.75, 3.05) is 17.9 Å². The Kier molecular flexibility index (Phi) is 6.22. The number of hydrogen-bond acceptors (Lipinski definition) is 6. The third kappa shape index (κ3) is 4.36. The summed E-state index contributed by atoms with van der Waals surface area (Å²) in [7, 11) is 1.64. The summed E-state index contributed by atoms with van der Waals surface area (Å²) in [6.45, 7) is 2.11. The van der Waals surface area contributed by atoms with Crippen LogP contribution in [0.1, 0.15) is 24.1 Å². The highest BCUT2D eigenvalue weighted by atomic mass is 32.2. The first kappa shape index (κ1) is 22.0. The summed E-state index contributed by atoms with van der Waals surface area (Å²) in [5.41, 5.74) is 7.41. The molecule has 0 saturated carbocycles. The van der Waals surface area contributed by atoms with E-state index in [1.807, 2.05) is 83.5 Å². The van der Waals surface area contributed by atoms with Crippen LogP contribution in [0.15, 0.2) is 84.0 Å². The number of ether oxygens (including phenoxy) is 1. The number of nitrogens with zero attached hydrogens (tertiary/aromatic N) is 3. The van der Waals surface area contributed by atoms with E-state index in [0.717, 1.165) is 29.0 Å². The highest BCUT2D eigenvalue weighted by Crippen LogP contribution is 2.39. The van der Waals surface area contributed by atoms with E-state index < -0.39 is 5.25 Å². The Balaban J connectivity index is 1.48. The van der Waals surface area contributed by atoms with Crippen molar-refractivity contribution in [3.8, 4) is 17.1 Å². The van der Waals surface area contributed by atoms with Gasteiger partial charge in [0.25, 0.3) is 0 Å². The van der Waals surface area contributed by atoms with Gasteiger partial charge in [0.2, 0.25) is 11.1 Å². The molecule has 0 saturated heterocycles. The highest BCUT2D eigenvalue weighted by molar-refractivity contribution is 8.00. The smallest absolute Gasteiger partial charge is 0.240 e. The van der Waals surface area contributed by atoms with Crippen LogP contribution in [0.25, 0.3) is 11.4 Å². The minimum absolute atomic E-state index is 0.0990. The number of benzene rings is 3. The number of nitrogens with one attached hydrogen (secondary N) is 2. The van der Waals surface area contributed by atoms with Gasteiger partial charge in [-0.25, -0.2) is 4.68 Å². The zero-order chi connectivity index (χ0) is 23.5. The zero-order valence-corrected chi connectivity index (χ0v) is 19.8. The van der Waals surface area contributed by atoms with E-state index in [4.69, 9.17) is 4.74 Å². The third-order valence-electron chi connectivity index (χ3n) is 5.83. The van der Waals surface area contributed by atoms with Crippen molar-refractivity contribution in [2.24, 2.45) is 0 Å². The molecule has 0 aliphatic carbocycles. The largest absolute Gasteiger partial charge is 0.497 e. The number of aromatic nitrogens is 3. The SMILES string of the molecule is CCc1ccc(NC(=O)C2Sc3nnc(-c4ccccc4)n3NC2c2ccc(OC)cc2)cc1. The minimum atomic E-state index is -0.459. The van der Waals surface area contributed by atoms with E-state index in [-0.39, 0.29) is 11.9 Å². The van der Waals surface area contributed by atoms with Crippen LogP contribution in [0, 0.1) is 0 Å². The fraction of sp³-hybridized carbons (Fsp3) is 0.192. The lowest BCUT2D eigenvalue weighted by molar-refractivity contribution is -0.116. The van der Waals surface area contributed by atoms with Gasteiger partial charge in [0, 0.05) is 11.3 Å². The Morgan fingerprint density at radius 3 is 2.44 bits per heavy atom. The zero-order valence-electron chi connectivity index (χ0n) is 18.9. The van der Waals surface area contributed by atoms with Crippen LogP contribution in [0.3, 0.4) is 0 Å². The van der Waals surface area contributed by atoms with Crippen LogP contribution in [0.2, 0.25) is 0 Å². The molecule has 3 aromatic carbocycles. The molecule has 0 fully saturated rings. The summed E-state index contributed by atoms with van der Waals surface area (Å²) in [4.78, 5) is 13.5. The Hall–Kier alpha value is -3.78. The van der Waals surface area contributed by atoms with Gasteiger partial charge < -0.3 is 15.5 Å². The van der Waals surface area contributed by atoms with Gasteiger partial charge in [-0.3, -0.25) is 4.79 Å². The Morgan fingerprint density at radius 2 is 1.76 bits per heavy atom. The second kappa shape index (κ2) is 9.61. The number of anilines is 1. The number of fused-ring (bicyclic) bond motifs is 1. The first-order valence-corrected chi connectivity index (χ1v) is 12.0. The molecule has 1 amide bonds. The van der Waals surface area contributed by atoms with Crippen molar-refractivity contribution in [3.05, 3.63) is 90.0 Å². The Labute approximate surface area is 202 Å². The van der Waals surface area contributed by atoms with Crippen molar-refractivity contribution >= 4 is 23.4 Å². The van der Waals surface area contributed by atoms with Crippen molar-refractivity contribution in [3.63, 3.8) is 0 Å². The molecule has 2 atom stereocenters. The summed E-state index contributed by atoms with van der Waals surface area (Å²) in [5, 5.41) is 12.0. The lowest BCUT2D eigenvalue weighted by Crippen LogP contribution is -2.41. The minimum Gasteiger partial charge on any atom is -0.497 e. The molecular formula is C26H25N5O2S. The highest BCUT2D eigenvalue weighted by Gasteiger charge is 2.38. The number of carbonyl (C=O) groups is 1. The number of thioether (sulfide) groups is 1. The maximum Gasteiger partial charge on any atom is 0.240 e. The number of hydrogen-bond donors (Lipinski definition) is 2. The standard InChI is InChI=1S/C26H25N5O2S/c1-3-17-9-13-20(14-10-17)27-25(32)23-22(18-11-15-21(33-2)16-12-18)30-31-24(28-29-26(31)34-23)19-7-5-4-6-8-19/h4-16,22-23,30H,3H2,1-2H3,(H,27,32). The normalized spacial score (nSPS) is 16.9. The first-order chi connectivity index (χ1) is 16.7. The molecule has 34 heavy (non-hydrogen) atoms. The van der Waals surface area contributed by atoms with Gasteiger partial charge in [0.1, 0.15) is 11.0 Å². The average molecular weight is 472 g/mol. The van der Waals surface area contributed by atoms with E-state index >= 15 is 0 Å². The van der Waals surface area contributed by atoms with Crippen LogP contribution in [-0.4, -0.2) is 33.1 Å². The fourth-order valence-electron chi connectivity index (χ4n) is 3.93. The molecule has 1 aromatic heterocycles. The van der Waals surface area contributed by atoms with E-state index in [9.17, 15) is 4.79 Å². The topological polar surface area (TPSA) is 81.1 Å². The monoisotopic (exact) mass is 471 g/mol. The van der Waals surface area contributed by atoms with Crippen molar-refractivity contribution in [1.29, 1.82) is 0 Å². The van der Waals surface area contributed by atoms with Gasteiger partial charge in [0.05, 0.1) is 13.2 Å². The molecule has 8 heteroatoms. The van der Waals surface area contributed by atoms with Crippen LogP contribution >= 0.6 is 11.8 Å². The summed E-state index contributed by atoms with van der Waals surface area (Å²) < 4.78 is 7.19. The van der Waals surface area contributed by atoms with Crippen LogP contribution in [-0.2, 0) is 11.2 Å². The molecule has 5 rings (SSSR count). The molecule has 2 heterocycles. The van der Waals surface area contributed by atoms with Crippen molar-refractivity contribution in [2.45, 2.75) is 29.8 Å². The molecule has 1 aliphatic heterocycles. The van der Waals surface area contributed by atoms with Crippen LogP contribution < -0.4 is 15.5 Å². The number of amides is 1. The summed E-state index contributed by atoms with van der Waals surface area (Å²) in [5.74, 6) is 1.37. The van der Waals surface area contributed by atoms with Crippen LogP contribution in [0.5, 0.6) is 5.75 Å². The Morgan fingerprint density at radius 1 is 1.03 bits per heavy atom. The number of rotatable bonds is 6. The quantitative estimate of drug-likeness (QED) is 0.416. The summed E-state index contributed by atoms with van der Waals surface area (Å²) >= 11 is 1.40. The molecule has 2 N–H and O–H groups in total. The van der Waals surface area contributed by atoms with E-state index in [1.54, 1.807) is 7.11 Å². The lowest BCUT2D eigenvalue weighted by Gasteiger charge is -2.33. The molecular weight excluding hydrogens is 446 g/mol. The number of carbonyl (C=O) groups excluding carboxylic acids is 1.